The molecule has 2 aliphatic rings. The SMILES string of the molecule is O=C(COc1ccc(Cl)cc1Cl)N1CC(N2C(=O)CNC2=O)C1. The van der Waals surface area contributed by atoms with Gasteiger partial charge in [-0.15, -0.1) is 0 Å². The van der Waals surface area contributed by atoms with E-state index in [0.29, 0.717) is 28.9 Å². The summed E-state index contributed by atoms with van der Waals surface area (Å²) in [7, 11) is 0. The lowest BCUT2D eigenvalue weighted by molar-refractivity contribution is -0.143. The predicted octanol–water partition coefficient (Wildman–Crippen LogP) is 1.13. The lowest BCUT2D eigenvalue weighted by Gasteiger charge is -2.42. The van der Waals surface area contributed by atoms with Gasteiger partial charge in [0.05, 0.1) is 17.6 Å². The van der Waals surface area contributed by atoms with Gasteiger partial charge >= 0.3 is 6.03 Å². The molecule has 0 unspecified atom stereocenters. The molecule has 0 spiro atoms. The van der Waals surface area contributed by atoms with Crippen molar-refractivity contribution >= 4 is 41.0 Å². The summed E-state index contributed by atoms with van der Waals surface area (Å²) in [6, 6.07) is 4.05. The van der Waals surface area contributed by atoms with Gasteiger partial charge in [-0.3, -0.25) is 14.5 Å². The van der Waals surface area contributed by atoms with E-state index in [1.807, 2.05) is 0 Å². The molecular formula is C14H13Cl2N3O4. The Morgan fingerprint density at radius 3 is 2.65 bits per heavy atom. The van der Waals surface area contributed by atoms with Gasteiger partial charge in [0.25, 0.3) is 5.91 Å². The summed E-state index contributed by atoms with van der Waals surface area (Å²) < 4.78 is 5.37. The number of nitrogens with zero attached hydrogens (tertiary/aromatic N) is 2. The molecule has 0 aromatic heterocycles. The number of ether oxygens (including phenoxy) is 1. The van der Waals surface area contributed by atoms with E-state index in [1.165, 1.54) is 15.9 Å². The van der Waals surface area contributed by atoms with Gasteiger partial charge in [0.15, 0.2) is 6.61 Å². The summed E-state index contributed by atoms with van der Waals surface area (Å²) in [6.07, 6.45) is 0. The van der Waals surface area contributed by atoms with Gasteiger partial charge in [0.2, 0.25) is 5.91 Å². The normalized spacial score (nSPS) is 18.0. The average molecular weight is 358 g/mol. The third-order valence-electron chi connectivity index (χ3n) is 3.70. The van der Waals surface area contributed by atoms with Crippen molar-refractivity contribution in [1.82, 2.24) is 15.1 Å². The van der Waals surface area contributed by atoms with Crippen LogP contribution >= 0.6 is 23.2 Å². The Kier molecular flexibility index (Phi) is 4.32. The molecule has 2 aliphatic heterocycles. The number of benzene rings is 1. The molecule has 2 heterocycles. The van der Waals surface area contributed by atoms with Crippen LogP contribution in [0.5, 0.6) is 5.75 Å². The molecule has 1 aromatic rings. The van der Waals surface area contributed by atoms with Crippen LogP contribution in [0.1, 0.15) is 0 Å². The average Bonchev–Trinajstić information content (AvgIpc) is 2.77. The van der Waals surface area contributed by atoms with Crippen LogP contribution in [0, 0.1) is 0 Å². The van der Waals surface area contributed by atoms with Gasteiger partial charge in [-0.1, -0.05) is 23.2 Å². The number of hydrogen-bond donors (Lipinski definition) is 1. The first-order valence-electron chi connectivity index (χ1n) is 6.91. The van der Waals surface area contributed by atoms with E-state index in [0.717, 1.165) is 0 Å². The molecule has 3 rings (SSSR count). The van der Waals surface area contributed by atoms with Crippen molar-refractivity contribution in [1.29, 1.82) is 0 Å². The van der Waals surface area contributed by atoms with Crippen LogP contribution in [-0.4, -0.2) is 59.9 Å². The maximum absolute atomic E-state index is 12.0. The Balaban J connectivity index is 1.49. The molecule has 0 bridgehead atoms. The minimum Gasteiger partial charge on any atom is -0.482 e. The van der Waals surface area contributed by atoms with Crippen LogP contribution in [0.15, 0.2) is 18.2 Å². The molecular weight excluding hydrogens is 345 g/mol. The lowest BCUT2D eigenvalue weighted by atomic mass is 10.1. The second kappa shape index (κ2) is 6.25. The van der Waals surface area contributed by atoms with E-state index in [-0.39, 0.29) is 31.0 Å². The second-order valence-corrected chi connectivity index (χ2v) is 6.08. The van der Waals surface area contributed by atoms with Gasteiger partial charge in [-0.25, -0.2) is 4.79 Å². The Morgan fingerprint density at radius 1 is 1.30 bits per heavy atom. The molecule has 1 aromatic carbocycles. The maximum Gasteiger partial charge on any atom is 0.324 e. The van der Waals surface area contributed by atoms with Crippen LogP contribution in [-0.2, 0) is 9.59 Å². The third-order valence-corrected chi connectivity index (χ3v) is 4.23. The van der Waals surface area contributed by atoms with Gasteiger partial charge in [0.1, 0.15) is 5.75 Å². The molecule has 4 amide bonds. The zero-order valence-corrected chi connectivity index (χ0v) is 13.4. The Morgan fingerprint density at radius 2 is 2.04 bits per heavy atom. The number of amides is 4. The molecule has 7 nitrogen and oxygen atoms in total. The first-order valence-corrected chi connectivity index (χ1v) is 7.67. The summed E-state index contributed by atoms with van der Waals surface area (Å²) in [5.74, 6) is -0.133. The fourth-order valence-corrected chi connectivity index (χ4v) is 2.91. The van der Waals surface area contributed by atoms with Crippen LogP contribution in [0.4, 0.5) is 4.79 Å². The van der Waals surface area contributed by atoms with Crippen LogP contribution in [0.3, 0.4) is 0 Å². The summed E-state index contributed by atoms with van der Waals surface area (Å²) in [5.41, 5.74) is 0. The summed E-state index contributed by atoms with van der Waals surface area (Å²) >= 11 is 11.7. The Bertz CT molecular complexity index is 660. The summed E-state index contributed by atoms with van der Waals surface area (Å²) in [4.78, 5) is 37.8. The first kappa shape index (κ1) is 15.9. The lowest BCUT2D eigenvalue weighted by Crippen LogP contribution is -2.63. The minimum absolute atomic E-state index is 0.0153. The van der Waals surface area contributed by atoms with Crippen molar-refractivity contribution in [2.45, 2.75) is 6.04 Å². The van der Waals surface area contributed by atoms with E-state index in [1.54, 1.807) is 12.1 Å². The maximum atomic E-state index is 12.0. The summed E-state index contributed by atoms with van der Waals surface area (Å²) in [5, 5.41) is 3.26. The van der Waals surface area contributed by atoms with Gasteiger partial charge in [-0.05, 0) is 18.2 Å². The fourth-order valence-electron chi connectivity index (χ4n) is 2.45. The van der Waals surface area contributed by atoms with Gasteiger partial charge in [0, 0.05) is 18.1 Å². The fraction of sp³-hybridized carbons (Fsp3) is 0.357. The molecule has 2 saturated heterocycles. The van der Waals surface area contributed by atoms with Gasteiger partial charge < -0.3 is 15.0 Å². The van der Waals surface area contributed by atoms with E-state index >= 15 is 0 Å². The van der Waals surface area contributed by atoms with Crippen molar-refractivity contribution in [3.63, 3.8) is 0 Å². The third kappa shape index (κ3) is 3.20. The van der Waals surface area contributed by atoms with Crippen LogP contribution in [0.25, 0.3) is 0 Å². The molecule has 2 fully saturated rings. The van der Waals surface area contributed by atoms with E-state index in [4.69, 9.17) is 27.9 Å². The van der Waals surface area contributed by atoms with E-state index in [9.17, 15) is 14.4 Å². The zero-order chi connectivity index (χ0) is 16.6. The highest BCUT2D eigenvalue weighted by Gasteiger charge is 2.42. The highest BCUT2D eigenvalue weighted by atomic mass is 35.5. The number of carbonyl (C=O) groups is 3. The molecule has 1 N–H and O–H groups in total. The van der Waals surface area contributed by atoms with Crippen LogP contribution in [0.2, 0.25) is 10.0 Å². The van der Waals surface area contributed by atoms with Gasteiger partial charge in [-0.2, -0.15) is 0 Å². The number of rotatable bonds is 4. The zero-order valence-electron chi connectivity index (χ0n) is 11.9. The Labute approximate surface area is 142 Å². The molecule has 0 atom stereocenters. The number of likely N-dealkylation sites (tertiary alicyclic amines) is 1. The highest BCUT2D eigenvalue weighted by molar-refractivity contribution is 6.35. The Hall–Kier alpha value is -1.99. The second-order valence-electron chi connectivity index (χ2n) is 5.24. The summed E-state index contributed by atoms with van der Waals surface area (Å²) in [6.45, 7) is 0.473. The van der Waals surface area contributed by atoms with Crippen molar-refractivity contribution in [2.75, 3.05) is 26.2 Å². The standard InChI is InChI=1S/C14H13Cl2N3O4/c15-8-1-2-11(10(16)3-8)23-7-13(21)18-5-9(6-18)19-12(20)4-17-14(19)22/h1-3,9H,4-7H2,(H,17,22). The number of nitrogens with one attached hydrogen (secondary N) is 1. The predicted molar refractivity (Wildman–Crippen MR) is 82.6 cm³/mol. The minimum atomic E-state index is -0.406. The number of hydrogen-bond acceptors (Lipinski definition) is 4. The van der Waals surface area contributed by atoms with Crippen molar-refractivity contribution in [2.24, 2.45) is 0 Å². The smallest absolute Gasteiger partial charge is 0.324 e. The van der Waals surface area contributed by atoms with Crippen molar-refractivity contribution in [3.8, 4) is 5.75 Å². The van der Waals surface area contributed by atoms with Crippen molar-refractivity contribution in [3.05, 3.63) is 28.2 Å². The molecule has 0 aliphatic carbocycles. The quantitative estimate of drug-likeness (QED) is 0.819. The number of imide groups is 1. The molecule has 0 saturated carbocycles. The number of carbonyl (C=O) groups excluding carboxylic acids is 3. The molecule has 0 radical (unpaired) electrons. The largest absolute Gasteiger partial charge is 0.482 e. The van der Waals surface area contributed by atoms with E-state index < -0.39 is 6.03 Å². The molecule has 9 heteroatoms. The number of halogens is 2. The molecule has 23 heavy (non-hydrogen) atoms. The topological polar surface area (TPSA) is 79.0 Å². The van der Waals surface area contributed by atoms with Crippen LogP contribution < -0.4 is 10.1 Å². The molecule has 122 valence electrons. The monoisotopic (exact) mass is 357 g/mol. The number of urea groups is 1. The van der Waals surface area contributed by atoms with Crippen molar-refractivity contribution < 1.29 is 19.1 Å². The van der Waals surface area contributed by atoms with E-state index in [2.05, 4.69) is 5.32 Å². The first-order chi connectivity index (χ1) is 11.0. The highest BCUT2D eigenvalue weighted by Crippen LogP contribution is 2.27.